The molecule has 1 aromatic heterocycles. The van der Waals surface area contributed by atoms with Gasteiger partial charge in [0.05, 0.1) is 11.8 Å². The molecule has 0 fully saturated rings. The van der Waals surface area contributed by atoms with E-state index in [1.165, 1.54) is 0 Å². The van der Waals surface area contributed by atoms with Gasteiger partial charge < -0.3 is 10.4 Å². The van der Waals surface area contributed by atoms with Gasteiger partial charge in [0.1, 0.15) is 0 Å². The summed E-state index contributed by atoms with van der Waals surface area (Å²) >= 11 is 0. The first kappa shape index (κ1) is 13.1. The standard InChI is InChI=1S/C12H21N3O/c1-10-5-4-6-11(14-10)8-15(3)9-12(16)7-13-2/h4-6,12-13,16H,7-9H2,1-3H3. The minimum absolute atomic E-state index is 0.334. The molecule has 2 N–H and O–H groups in total. The predicted molar refractivity (Wildman–Crippen MR) is 65.2 cm³/mol. The minimum Gasteiger partial charge on any atom is -0.390 e. The molecular weight excluding hydrogens is 202 g/mol. The largest absolute Gasteiger partial charge is 0.390 e. The molecule has 0 aromatic carbocycles. The highest BCUT2D eigenvalue weighted by Crippen LogP contribution is 2.02. The molecule has 0 amide bonds. The number of aryl methyl sites for hydroxylation is 1. The Balaban J connectivity index is 2.42. The monoisotopic (exact) mass is 223 g/mol. The van der Waals surface area contributed by atoms with Gasteiger partial charge in [0.15, 0.2) is 0 Å². The van der Waals surface area contributed by atoms with Crippen molar-refractivity contribution in [2.24, 2.45) is 0 Å². The van der Waals surface area contributed by atoms with Crippen LogP contribution < -0.4 is 5.32 Å². The molecule has 1 heterocycles. The number of aromatic nitrogens is 1. The SMILES string of the molecule is CNCC(O)CN(C)Cc1cccc(C)n1. The lowest BCUT2D eigenvalue weighted by Crippen LogP contribution is -2.35. The van der Waals surface area contributed by atoms with Gasteiger partial charge in [0.25, 0.3) is 0 Å². The van der Waals surface area contributed by atoms with Gasteiger partial charge in [-0.2, -0.15) is 0 Å². The van der Waals surface area contributed by atoms with E-state index in [1.807, 2.05) is 39.2 Å². The maximum atomic E-state index is 9.63. The Labute approximate surface area is 97.3 Å². The zero-order valence-corrected chi connectivity index (χ0v) is 10.3. The Hall–Kier alpha value is -0.970. The first-order valence-electron chi connectivity index (χ1n) is 5.55. The van der Waals surface area contributed by atoms with Crippen LogP contribution in [-0.4, -0.2) is 48.3 Å². The van der Waals surface area contributed by atoms with E-state index in [0.717, 1.165) is 17.9 Å². The second-order valence-electron chi connectivity index (χ2n) is 4.18. The van der Waals surface area contributed by atoms with E-state index in [9.17, 15) is 5.11 Å². The fourth-order valence-corrected chi connectivity index (χ4v) is 1.69. The van der Waals surface area contributed by atoms with E-state index in [0.29, 0.717) is 13.1 Å². The normalized spacial score (nSPS) is 13.1. The van der Waals surface area contributed by atoms with Crippen molar-refractivity contribution in [2.75, 3.05) is 27.2 Å². The first-order chi connectivity index (χ1) is 7.61. The van der Waals surface area contributed by atoms with E-state index >= 15 is 0 Å². The third-order valence-corrected chi connectivity index (χ3v) is 2.34. The van der Waals surface area contributed by atoms with Gasteiger partial charge in [-0.05, 0) is 33.2 Å². The Morgan fingerprint density at radius 2 is 2.25 bits per heavy atom. The first-order valence-corrected chi connectivity index (χ1v) is 5.55. The number of likely N-dealkylation sites (N-methyl/N-ethyl adjacent to an activating group) is 2. The Morgan fingerprint density at radius 1 is 1.50 bits per heavy atom. The molecule has 0 bridgehead atoms. The van der Waals surface area contributed by atoms with Crippen LogP contribution >= 0.6 is 0 Å². The predicted octanol–water partition coefficient (Wildman–Crippen LogP) is 0.402. The molecule has 4 heteroatoms. The van der Waals surface area contributed by atoms with Gasteiger partial charge in [-0.3, -0.25) is 9.88 Å². The summed E-state index contributed by atoms with van der Waals surface area (Å²) in [7, 11) is 3.83. The number of hydrogen-bond donors (Lipinski definition) is 2. The molecule has 0 saturated carbocycles. The van der Waals surface area contributed by atoms with E-state index in [2.05, 4.69) is 15.2 Å². The van der Waals surface area contributed by atoms with Crippen LogP contribution in [0.15, 0.2) is 18.2 Å². The summed E-state index contributed by atoms with van der Waals surface area (Å²) in [6.45, 7) is 4.02. The third-order valence-electron chi connectivity index (χ3n) is 2.34. The summed E-state index contributed by atoms with van der Waals surface area (Å²) in [5.41, 5.74) is 2.07. The smallest absolute Gasteiger partial charge is 0.0791 e. The zero-order valence-electron chi connectivity index (χ0n) is 10.3. The highest BCUT2D eigenvalue weighted by molar-refractivity contribution is 5.09. The van der Waals surface area contributed by atoms with Crippen LogP contribution in [0, 0.1) is 6.92 Å². The van der Waals surface area contributed by atoms with Crippen molar-refractivity contribution < 1.29 is 5.11 Å². The molecule has 0 aliphatic rings. The maximum Gasteiger partial charge on any atom is 0.0791 e. The van der Waals surface area contributed by atoms with Crippen LogP contribution in [0.2, 0.25) is 0 Å². The van der Waals surface area contributed by atoms with Crippen LogP contribution in [0.5, 0.6) is 0 Å². The van der Waals surface area contributed by atoms with E-state index in [-0.39, 0.29) is 6.10 Å². The second-order valence-corrected chi connectivity index (χ2v) is 4.18. The van der Waals surface area contributed by atoms with Gasteiger partial charge in [0.2, 0.25) is 0 Å². The summed E-state index contributed by atoms with van der Waals surface area (Å²) in [4.78, 5) is 6.50. The Kier molecular flexibility index (Phi) is 5.38. The highest BCUT2D eigenvalue weighted by atomic mass is 16.3. The lowest BCUT2D eigenvalue weighted by atomic mass is 10.2. The quantitative estimate of drug-likeness (QED) is 0.733. The fraction of sp³-hybridized carbons (Fsp3) is 0.583. The lowest BCUT2D eigenvalue weighted by Gasteiger charge is -2.20. The van der Waals surface area contributed by atoms with E-state index in [4.69, 9.17) is 0 Å². The van der Waals surface area contributed by atoms with Crippen LogP contribution in [0.25, 0.3) is 0 Å². The Bertz CT molecular complexity index is 317. The molecule has 1 atom stereocenters. The van der Waals surface area contributed by atoms with E-state index in [1.54, 1.807) is 0 Å². The molecule has 1 rings (SSSR count). The number of nitrogens with zero attached hydrogens (tertiary/aromatic N) is 2. The molecule has 0 aliphatic carbocycles. The molecule has 4 nitrogen and oxygen atoms in total. The van der Waals surface area contributed by atoms with Gasteiger partial charge in [-0.15, -0.1) is 0 Å². The van der Waals surface area contributed by atoms with Gasteiger partial charge >= 0.3 is 0 Å². The number of pyridine rings is 1. The molecule has 0 radical (unpaired) electrons. The molecule has 0 saturated heterocycles. The second kappa shape index (κ2) is 6.58. The number of rotatable bonds is 6. The highest BCUT2D eigenvalue weighted by Gasteiger charge is 2.08. The Morgan fingerprint density at radius 3 is 2.88 bits per heavy atom. The summed E-state index contributed by atoms with van der Waals surface area (Å²) < 4.78 is 0. The van der Waals surface area contributed by atoms with Crippen molar-refractivity contribution in [2.45, 2.75) is 19.6 Å². The fourth-order valence-electron chi connectivity index (χ4n) is 1.69. The number of hydrogen-bond acceptors (Lipinski definition) is 4. The average molecular weight is 223 g/mol. The van der Waals surface area contributed by atoms with Gasteiger partial charge in [0, 0.05) is 25.3 Å². The maximum absolute atomic E-state index is 9.63. The summed E-state index contributed by atoms with van der Waals surface area (Å²) in [6, 6.07) is 6.00. The van der Waals surface area contributed by atoms with Crippen molar-refractivity contribution in [3.8, 4) is 0 Å². The van der Waals surface area contributed by atoms with Crippen LogP contribution in [0.3, 0.4) is 0 Å². The molecular formula is C12H21N3O. The van der Waals surface area contributed by atoms with E-state index < -0.39 is 0 Å². The average Bonchev–Trinajstić information content (AvgIpc) is 2.17. The minimum atomic E-state index is -0.334. The topological polar surface area (TPSA) is 48.4 Å². The lowest BCUT2D eigenvalue weighted by molar-refractivity contribution is 0.122. The van der Waals surface area contributed by atoms with Crippen molar-refractivity contribution in [3.63, 3.8) is 0 Å². The molecule has 0 aliphatic heterocycles. The van der Waals surface area contributed by atoms with Crippen molar-refractivity contribution in [3.05, 3.63) is 29.6 Å². The van der Waals surface area contributed by atoms with Crippen molar-refractivity contribution >= 4 is 0 Å². The number of aliphatic hydroxyl groups excluding tert-OH is 1. The molecule has 16 heavy (non-hydrogen) atoms. The summed E-state index contributed by atoms with van der Waals surface area (Å²) in [5.74, 6) is 0. The zero-order chi connectivity index (χ0) is 12.0. The van der Waals surface area contributed by atoms with Crippen LogP contribution in [0.4, 0.5) is 0 Å². The summed E-state index contributed by atoms with van der Waals surface area (Å²) in [6.07, 6.45) is -0.334. The number of aliphatic hydroxyl groups is 1. The van der Waals surface area contributed by atoms with Crippen molar-refractivity contribution in [1.29, 1.82) is 0 Å². The summed E-state index contributed by atoms with van der Waals surface area (Å²) in [5, 5.41) is 12.6. The van der Waals surface area contributed by atoms with Crippen LogP contribution in [0.1, 0.15) is 11.4 Å². The van der Waals surface area contributed by atoms with Crippen LogP contribution in [-0.2, 0) is 6.54 Å². The molecule has 90 valence electrons. The number of nitrogens with one attached hydrogen (secondary N) is 1. The van der Waals surface area contributed by atoms with Crippen molar-refractivity contribution in [1.82, 2.24) is 15.2 Å². The molecule has 1 unspecified atom stereocenters. The molecule has 1 aromatic rings. The third kappa shape index (κ3) is 4.70. The van der Waals surface area contributed by atoms with Gasteiger partial charge in [-0.1, -0.05) is 6.07 Å². The van der Waals surface area contributed by atoms with Gasteiger partial charge in [-0.25, -0.2) is 0 Å². The molecule has 0 spiro atoms.